The van der Waals surface area contributed by atoms with Gasteiger partial charge in [0.2, 0.25) is 0 Å². The van der Waals surface area contributed by atoms with E-state index in [4.69, 9.17) is 18.0 Å². The number of benzene rings is 1. The van der Waals surface area contributed by atoms with Crippen molar-refractivity contribution in [2.75, 3.05) is 11.9 Å². The van der Waals surface area contributed by atoms with Crippen LogP contribution >= 0.6 is 28.1 Å². The topological polar surface area (TPSA) is 38.0 Å². The Bertz CT molecular complexity index is 467. The summed E-state index contributed by atoms with van der Waals surface area (Å²) in [4.78, 5) is 0.434. The molecule has 0 amide bonds. The van der Waals surface area contributed by atoms with Gasteiger partial charge in [-0.15, -0.1) is 0 Å². The smallest absolute Gasteiger partial charge is 0.107 e. The summed E-state index contributed by atoms with van der Waals surface area (Å²) in [6.07, 6.45) is 6.68. The quantitative estimate of drug-likeness (QED) is 0.794. The molecule has 0 aromatic heterocycles. The number of anilines is 1. The van der Waals surface area contributed by atoms with E-state index in [1.165, 1.54) is 32.1 Å². The number of halogens is 1. The van der Waals surface area contributed by atoms with E-state index in [1.807, 2.05) is 18.2 Å². The molecule has 0 unspecified atom stereocenters. The van der Waals surface area contributed by atoms with Crippen LogP contribution in [0.3, 0.4) is 0 Å². The molecular weight excluding hydrogens is 320 g/mol. The van der Waals surface area contributed by atoms with Gasteiger partial charge in [-0.1, -0.05) is 44.5 Å². The van der Waals surface area contributed by atoms with Gasteiger partial charge >= 0.3 is 0 Å². The summed E-state index contributed by atoms with van der Waals surface area (Å²) in [5.41, 5.74) is 8.17. The van der Waals surface area contributed by atoms with Crippen molar-refractivity contribution in [3.63, 3.8) is 0 Å². The fourth-order valence-electron chi connectivity index (χ4n) is 2.81. The molecule has 3 N–H and O–H groups in total. The molecule has 0 atom stereocenters. The molecule has 1 aromatic rings. The number of rotatable bonds is 4. The molecule has 0 heterocycles. The third-order valence-corrected chi connectivity index (χ3v) is 4.89. The summed E-state index contributed by atoms with van der Waals surface area (Å²) in [6.45, 7) is 3.36. The van der Waals surface area contributed by atoms with E-state index in [9.17, 15) is 0 Å². The van der Waals surface area contributed by atoms with Crippen molar-refractivity contribution in [3.05, 3.63) is 28.2 Å². The molecule has 1 aromatic carbocycles. The average Bonchev–Trinajstić information content (AvgIpc) is 2.37. The van der Waals surface area contributed by atoms with Crippen LogP contribution in [0.2, 0.25) is 0 Å². The number of hydrogen-bond acceptors (Lipinski definition) is 2. The second-order valence-electron chi connectivity index (χ2n) is 5.75. The average molecular weight is 341 g/mol. The van der Waals surface area contributed by atoms with Crippen LogP contribution in [0.4, 0.5) is 5.69 Å². The minimum Gasteiger partial charge on any atom is -0.389 e. The molecule has 104 valence electrons. The van der Waals surface area contributed by atoms with E-state index >= 15 is 0 Å². The molecular formula is C15H21BrN2S. The van der Waals surface area contributed by atoms with Crippen LogP contribution in [-0.2, 0) is 0 Å². The molecule has 1 aliphatic carbocycles. The summed E-state index contributed by atoms with van der Waals surface area (Å²) >= 11 is 8.66. The SMILES string of the molecule is CC1(CNc2cccc(Br)c2C(N)=S)CCCCC1. The van der Waals surface area contributed by atoms with E-state index in [0.29, 0.717) is 10.4 Å². The van der Waals surface area contributed by atoms with Gasteiger partial charge in [-0.25, -0.2) is 0 Å². The Morgan fingerprint density at radius 3 is 2.68 bits per heavy atom. The molecule has 0 aliphatic heterocycles. The second kappa shape index (κ2) is 6.23. The van der Waals surface area contributed by atoms with Gasteiger partial charge in [0.15, 0.2) is 0 Å². The molecule has 1 fully saturated rings. The van der Waals surface area contributed by atoms with Crippen molar-refractivity contribution in [1.82, 2.24) is 0 Å². The van der Waals surface area contributed by atoms with E-state index < -0.39 is 0 Å². The Balaban J connectivity index is 2.11. The van der Waals surface area contributed by atoms with Crippen LogP contribution < -0.4 is 11.1 Å². The molecule has 0 bridgehead atoms. The molecule has 1 aliphatic rings. The van der Waals surface area contributed by atoms with Gasteiger partial charge in [0, 0.05) is 22.3 Å². The summed E-state index contributed by atoms with van der Waals surface area (Å²) in [5, 5.41) is 3.55. The predicted octanol–water partition coefficient (Wildman–Crippen LogP) is 4.47. The molecule has 4 heteroatoms. The van der Waals surface area contributed by atoms with Crippen LogP contribution in [-0.4, -0.2) is 11.5 Å². The van der Waals surface area contributed by atoms with Gasteiger partial charge in [0.05, 0.1) is 0 Å². The zero-order chi connectivity index (χ0) is 13.9. The maximum Gasteiger partial charge on any atom is 0.107 e. The monoisotopic (exact) mass is 340 g/mol. The predicted molar refractivity (Wildman–Crippen MR) is 89.7 cm³/mol. The maximum absolute atomic E-state index is 5.82. The van der Waals surface area contributed by atoms with Crippen molar-refractivity contribution >= 4 is 38.8 Å². The standard InChI is InChI=1S/C15H21BrN2S/c1-15(8-3-2-4-9-15)10-18-12-7-5-6-11(16)13(12)14(17)19/h5-7,18H,2-4,8-10H2,1H3,(H2,17,19). The molecule has 0 radical (unpaired) electrons. The zero-order valence-electron chi connectivity index (χ0n) is 11.3. The first-order valence-electron chi connectivity index (χ1n) is 6.84. The Hall–Kier alpha value is -0.610. The van der Waals surface area contributed by atoms with Crippen molar-refractivity contribution in [2.24, 2.45) is 11.1 Å². The number of thiocarbonyl (C=S) groups is 1. The van der Waals surface area contributed by atoms with Crippen LogP contribution in [0.5, 0.6) is 0 Å². The number of hydrogen-bond donors (Lipinski definition) is 2. The number of nitrogens with one attached hydrogen (secondary N) is 1. The Labute approximate surface area is 129 Å². The van der Waals surface area contributed by atoms with E-state index in [1.54, 1.807) is 0 Å². The lowest BCUT2D eigenvalue weighted by Gasteiger charge is -2.34. The largest absolute Gasteiger partial charge is 0.389 e. The summed E-state index contributed by atoms with van der Waals surface area (Å²) < 4.78 is 0.957. The highest BCUT2D eigenvalue weighted by molar-refractivity contribution is 9.10. The van der Waals surface area contributed by atoms with Crippen molar-refractivity contribution in [3.8, 4) is 0 Å². The molecule has 0 saturated heterocycles. The maximum atomic E-state index is 5.82. The second-order valence-corrected chi connectivity index (χ2v) is 7.05. The van der Waals surface area contributed by atoms with Gasteiger partial charge in [0.25, 0.3) is 0 Å². The fourth-order valence-corrected chi connectivity index (χ4v) is 3.74. The number of nitrogens with two attached hydrogens (primary N) is 1. The minimum absolute atomic E-state index is 0.397. The lowest BCUT2D eigenvalue weighted by atomic mass is 9.75. The highest BCUT2D eigenvalue weighted by atomic mass is 79.9. The third kappa shape index (κ3) is 3.69. The van der Waals surface area contributed by atoms with Gasteiger partial charge in [-0.2, -0.15) is 0 Å². The van der Waals surface area contributed by atoms with E-state index in [2.05, 4.69) is 28.2 Å². The molecule has 1 saturated carbocycles. The highest BCUT2D eigenvalue weighted by Crippen LogP contribution is 2.36. The van der Waals surface area contributed by atoms with Gasteiger partial charge < -0.3 is 11.1 Å². The molecule has 2 nitrogen and oxygen atoms in total. The third-order valence-electron chi connectivity index (χ3n) is 4.03. The lowest BCUT2D eigenvalue weighted by molar-refractivity contribution is 0.233. The highest BCUT2D eigenvalue weighted by Gasteiger charge is 2.26. The van der Waals surface area contributed by atoms with Crippen molar-refractivity contribution in [1.29, 1.82) is 0 Å². The fraction of sp³-hybridized carbons (Fsp3) is 0.533. The van der Waals surface area contributed by atoms with Crippen molar-refractivity contribution in [2.45, 2.75) is 39.0 Å². The van der Waals surface area contributed by atoms with Gasteiger partial charge in [-0.3, -0.25) is 0 Å². The first-order chi connectivity index (χ1) is 9.02. The first kappa shape index (κ1) is 14.8. The summed E-state index contributed by atoms with van der Waals surface area (Å²) in [7, 11) is 0. The summed E-state index contributed by atoms with van der Waals surface area (Å²) in [6, 6.07) is 6.03. The van der Waals surface area contributed by atoms with Crippen LogP contribution in [0.15, 0.2) is 22.7 Å². The van der Waals surface area contributed by atoms with Crippen LogP contribution in [0, 0.1) is 5.41 Å². The van der Waals surface area contributed by atoms with E-state index in [0.717, 1.165) is 22.3 Å². The Morgan fingerprint density at radius 2 is 2.05 bits per heavy atom. The zero-order valence-corrected chi connectivity index (χ0v) is 13.7. The Morgan fingerprint density at radius 1 is 1.37 bits per heavy atom. The van der Waals surface area contributed by atoms with Gasteiger partial charge in [-0.05, 0) is 46.3 Å². The molecule has 2 rings (SSSR count). The van der Waals surface area contributed by atoms with Gasteiger partial charge in [0.1, 0.15) is 4.99 Å². The minimum atomic E-state index is 0.397. The van der Waals surface area contributed by atoms with E-state index in [-0.39, 0.29) is 0 Å². The first-order valence-corrected chi connectivity index (χ1v) is 8.04. The van der Waals surface area contributed by atoms with Crippen molar-refractivity contribution < 1.29 is 0 Å². The normalized spacial score (nSPS) is 18.0. The Kier molecular flexibility index (Phi) is 4.85. The molecule has 0 spiro atoms. The lowest BCUT2D eigenvalue weighted by Crippen LogP contribution is -2.29. The molecule has 19 heavy (non-hydrogen) atoms. The van der Waals surface area contributed by atoms with Crippen LogP contribution in [0.1, 0.15) is 44.6 Å². The van der Waals surface area contributed by atoms with Crippen LogP contribution in [0.25, 0.3) is 0 Å². The summed E-state index contributed by atoms with van der Waals surface area (Å²) in [5.74, 6) is 0.